The number of rotatable bonds is 4. The molecule has 2 aromatic heterocycles. The van der Waals surface area contributed by atoms with Crippen molar-refractivity contribution in [2.24, 2.45) is 0 Å². The first kappa shape index (κ1) is 45.7. The summed E-state index contributed by atoms with van der Waals surface area (Å²) in [6.45, 7) is 13.6. The fourth-order valence-electron chi connectivity index (χ4n) is 15.5. The van der Waals surface area contributed by atoms with Gasteiger partial charge < -0.3 is 14.0 Å². The first-order valence-electron chi connectivity index (χ1n) is 28.2. The summed E-state index contributed by atoms with van der Waals surface area (Å²) in [5, 5.41) is 11.1. The Kier molecular flexibility index (Phi) is 9.16. The number of benzene rings is 11. The van der Waals surface area contributed by atoms with Crippen molar-refractivity contribution in [2.45, 2.75) is 61.1 Å². The maximum absolute atomic E-state index is 3.08. The van der Waals surface area contributed by atoms with Gasteiger partial charge in [0.25, 0.3) is 0 Å². The Balaban J connectivity index is 0.997. The summed E-state index contributed by atoms with van der Waals surface area (Å²) in [6, 6.07) is 79.2. The molecule has 5 aliphatic rings. The minimum atomic E-state index is -3.08. The van der Waals surface area contributed by atoms with Crippen LogP contribution >= 0.6 is 23.5 Å². The van der Waals surface area contributed by atoms with E-state index in [1.807, 2.05) is 23.5 Å². The average Bonchev–Trinajstić information content (AvgIpc) is 1.99. The van der Waals surface area contributed by atoms with E-state index < -0.39 is 8.07 Å². The predicted octanol–water partition coefficient (Wildman–Crippen LogP) is 11.5. The summed E-state index contributed by atoms with van der Waals surface area (Å²) in [4.78, 5) is 8.28. The van der Waals surface area contributed by atoms with Crippen LogP contribution in [-0.2, 0) is 0 Å². The second-order valence-electron chi connectivity index (χ2n) is 23.6. The molecule has 0 bridgehead atoms. The van der Waals surface area contributed by atoms with Crippen LogP contribution in [0.4, 0.5) is 17.1 Å². The number of hydrogen-bond acceptors (Lipinski definition) is 3. The number of aryl methyl sites for hydroxylation is 6. The SMILES string of the molecule is Cc1ccc(-n2c3ccc(C)cc3c3cc4c(cc32)Sc2cc3c5c6c2B4c2cc(C)cc4c2N6c2c(cc(C)cc2[Si]4(c2ccccc2)c2ccccc2)B5c2cc4c5cc(C)ccc5n(-c5ccc(C)cc5)c4cc2S3)cc1. The molecular weight excluding hydrogens is 1020 g/mol. The van der Waals surface area contributed by atoms with Gasteiger partial charge in [0.15, 0.2) is 8.07 Å². The minimum absolute atomic E-state index is 0.00946. The number of hydrogen-bond donors (Lipinski definition) is 0. The van der Waals surface area contributed by atoms with E-state index in [0.29, 0.717) is 0 Å². The standard InChI is InChI=1S/C72H51B2N3S2Si/c1-40-17-23-46(24-18-40)75-58-27-21-42(3)29-50(58)52-35-54-62(37-60(52)75)78-64-39-65-69-72-68(64)73(54)56-31-44(5)33-66-70(56)77(72)71-57(32-45(6)34-67(71)80(66,48-13-9-7-10-14-48)49-15-11-8-12-16-49)74(69)55-36-53-51-30-43(4)22-28-59(51)76(61(53)38-63(55)79-65)47-25-19-41(2)20-26-47/h7-39H,1-6H3. The molecule has 8 heteroatoms. The van der Waals surface area contributed by atoms with Crippen LogP contribution in [0.3, 0.4) is 0 Å². The molecule has 0 saturated heterocycles. The van der Waals surface area contributed by atoms with Crippen molar-refractivity contribution < 1.29 is 0 Å². The van der Waals surface area contributed by atoms with Gasteiger partial charge in [-0.1, -0.05) is 201 Å². The molecule has 0 fully saturated rings. The summed E-state index contributed by atoms with van der Waals surface area (Å²) in [6.07, 6.45) is 0. The van der Waals surface area contributed by atoms with E-state index in [9.17, 15) is 0 Å². The van der Waals surface area contributed by atoms with Gasteiger partial charge in [0.2, 0.25) is 13.4 Å². The molecule has 80 heavy (non-hydrogen) atoms. The van der Waals surface area contributed by atoms with Gasteiger partial charge in [-0.25, -0.2) is 0 Å². The lowest BCUT2D eigenvalue weighted by atomic mass is 9.30. The highest BCUT2D eigenvalue weighted by Crippen LogP contribution is 2.50. The molecule has 18 rings (SSSR count). The number of fused-ring (bicyclic) bond motifs is 12. The van der Waals surface area contributed by atoms with Gasteiger partial charge in [-0.3, -0.25) is 0 Å². The Bertz CT molecular complexity index is 4660. The maximum Gasteiger partial charge on any atom is 0.249 e. The molecule has 0 amide bonds. The molecule has 0 radical (unpaired) electrons. The zero-order chi connectivity index (χ0) is 53.2. The second kappa shape index (κ2) is 16.0. The predicted molar refractivity (Wildman–Crippen MR) is 346 cm³/mol. The Morgan fingerprint density at radius 1 is 0.325 bits per heavy atom. The first-order valence-corrected chi connectivity index (χ1v) is 31.8. The van der Waals surface area contributed by atoms with Crippen molar-refractivity contribution in [1.29, 1.82) is 0 Å². The van der Waals surface area contributed by atoms with Gasteiger partial charge in [-0.2, -0.15) is 0 Å². The first-order chi connectivity index (χ1) is 39.1. The number of aromatic nitrogens is 2. The molecule has 7 heterocycles. The number of anilines is 3. The van der Waals surface area contributed by atoms with Gasteiger partial charge in [0.1, 0.15) is 0 Å². The summed E-state index contributed by atoms with van der Waals surface area (Å²) in [5.41, 5.74) is 28.0. The third-order valence-corrected chi connectivity index (χ3v) is 25.8. The summed E-state index contributed by atoms with van der Waals surface area (Å²) >= 11 is 4.00. The molecule has 0 atom stereocenters. The molecule has 0 spiro atoms. The fraction of sp³-hybridized carbons (Fsp3) is 0.0833. The van der Waals surface area contributed by atoms with Crippen LogP contribution in [-0.4, -0.2) is 30.6 Å². The Hall–Kier alpha value is -8.13. The van der Waals surface area contributed by atoms with E-state index in [2.05, 4.69) is 256 Å². The van der Waals surface area contributed by atoms with Crippen molar-refractivity contribution >= 4 is 159 Å². The molecule has 5 aliphatic heterocycles. The lowest BCUT2D eigenvalue weighted by molar-refractivity contribution is 1.17. The zero-order valence-corrected chi connectivity index (χ0v) is 48.0. The van der Waals surface area contributed by atoms with Crippen LogP contribution in [0.1, 0.15) is 33.4 Å². The summed E-state index contributed by atoms with van der Waals surface area (Å²) < 4.78 is 5.03. The molecule has 0 aliphatic carbocycles. The molecule has 13 aromatic rings. The van der Waals surface area contributed by atoms with Crippen LogP contribution in [0, 0.1) is 41.5 Å². The van der Waals surface area contributed by atoms with Gasteiger partial charge in [-0.05, 0) is 151 Å². The smallest absolute Gasteiger partial charge is 0.249 e. The van der Waals surface area contributed by atoms with Gasteiger partial charge >= 0.3 is 0 Å². The zero-order valence-electron chi connectivity index (χ0n) is 45.4. The monoisotopic (exact) mass is 1070 g/mol. The average molecular weight is 1070 g/mol. The molecule has 376 valence electrons. The normalized spacial score (nSPS) is 14.6. The van der Waals surface area contributed by atoms with Crippen molar-refractivity contribution in [2.75, 3.05) is 4.90 Å². The minimum Gasteiger partial charge on any atom is -0.313 e. The largest absolute Gasteiger partial charge is 0.313 e. The van der Waals surface area contributed by atoms with E-state index >= 15 is 0 Å². The molecule has 0 N–H and O–H groups in total. The number of nitrogens with zero attached hydrogens (tertiary/aromatic N) is 3. The van der Waals surface area contributed by atoms with E-state index in [4.69, 9.17) is 0 Å². The quantitative estimate of drug-likeness (QED) is 0.163. The molecule has 3 nitrogen and oxygen atoms in total. The lowest BCUT2D eigenvalue weighted by Gasteiger charge is -2.54. The molecule has 0 saturated carbocycles. The van der Waals surface area contributed by atoms with Crippen molar-refractivity contribution in [1.82, 2.24) is 9.13 Å². The van der Waals surface area contributed by atoms with Crippen LogP contribution in [0.2, 0.25) is 0 Å². The van der Waals surface area contributed by atoms with Gasteiger partial charge in [0, 0.05) is 69.6 Å². The highest BCUT2D eigenvalue weighted by atomic mass is 32.2. The van der Waals surface area contributed by atoms with Crippen LogP contribution in [0.25, 0.3) is 55.0 Å². The second-order valence-corrected chi connectivity index (χ2v) is 29.5. The summed E-state index contributed by atoms with van der Waals surface area (Å²) in [5.74, 6) is 0. The fourth-order valence-corrected chi connectivity index (χ4v) is 23.4. The van der Waals surface area contributed by atoms with Crippen LogP contribution in [0.15, 0.2) is 220 Å². The highest BCUT2D eigenvalue weighted by Gasteiger charge is 2.58. The van der Waals surface area contributed by atoms with E-state index in [1.54, 1.807) is 0 Å². The van der Waals surface area contributed by atoms with E-state index in [0.717, 1.165) is 0 Å². The summed E-state index contributed by atoms with van der Waals surface area (Å²) in [7, 11) is -3.08. The topological polar surface area (TPSA) is 13.1 Å². The Morgan fingerprint density at radius 2 is 0.738 bits per heavy atom. The van der Waals surface area contributed by atoms with Gasteiger partial charge in [0.05, 0.1) is 22.1 Å². The molecule has 11 aromatic carbocycles. The third-order valence-electron chi connectivity index (χ3n) is 18.7. The maximum atomic E-state index is 2.85. The Labute approximate surface area is 476 Å². The highest BCUT2D eigenvalue weighted by molar-refractivity contribution is 8.01. The lowest BCUT2D eigenvalue weighted by Crippen LogP contribution is -2.81. The van der Waals surface area contributed by atoms with Gasteiger partial charge in [-0.15, -0.1) is 0 Å². The van der Waals surface area contributed by atoms with Crippen molar-refractivity contribution in [3.05, 3.63) is 234 Å². The molecule has 0 unspecified atom stereocenters. The third kappa shape index (κ3) is 5.86. The van der Waals surface area contributed by atoms with Crippen LogP contribution < -0.4 is 58.4 Å². The van der Waals surface area contributed by atoms with Crippen LogP contribution in [0.5, 0.6) is 0 Å². The molecular formula is C72H51B2N3S2Si. The van der Waals surface area contributed by atoms with E-state index in [-0.39, 0.29) is 13.4 Å². The van der Waals surface area contributed by atoms with E-state index in [1.165, 1.54) is 179 Å². The van der Waals surface area contributed by atoms with Crippen molar-refractivity contribution in [3.8, 4) is 11.4 Å². The Morgan fingerprint density at radius 3 is 1.18 bits per heavy atom. The van der Waals surface area contributed by atoms with Crippen molar-refractivity contribution in [3.63, 3.8) is 0 Å².